The van der Waals surface area contributed by atoms with Gasteiger partial charge in [-0.3, -0.25) is 4.79 Å². The van der Waals surface area contributed by atoms with Crippen LogP contribution in [-0.4, -0.2) is 18.0 Å². The molecule has 0 aliphatic heterocycles. The number of nitrogens with two attached hydrogens (primary N) is 1. The van der Waals surface area contributed by atoms with Crippen molar-refractivity contribution in [2.45, 2.75) is 38.6 Å². The predicted octanol–water partition coefficient (Wildman–Crippen LogP) is 2.14. The molecule has 106 valence electrons. The van der Waals surface area contributed by atoms with Gasteiger partial charge < -0.3 is 11.1 Å². The minimum Gasteiger partial charge on any atom is -0.349 e. The predicted molar refractivity (Wildman–Crippen MR) is 70.6 cm³/mol. The summed E-state index contributed by atoms with van der Waals surface area (Å²) in [4.78, 5) is 11.9. The highest BCUT2D eigenvalue weighted by Gasteiger charge is 2.26. The van der Waals surface area contributed by atoms with Crippen LogP contribution >= 0.6 is 0 Å². The third kappa shape index (κ3) is 3.73. The lowest BCUT2D eigenvalue weighted by atomic mass is 9.92. The van der Waals surface area contributed by atoms with Crippen LogP contribution in [0.5, 0.6) is 0 Å². The van der Waals surface area contributed by atoms with Crippen LogP contribution in [0.2, 0.25) is 0 Å². The minimum atomic E-state index is -0.707. The maximum absolute atomic E-state index is 13.4. The summed E-state index contributed by atoms with van der Waals surface area (Å²) in [6.07, 6.45) is 1.03. The van der Waals surface area contributed by atoms with Crippen molar-refractivity contribution in [3.8, 4) is 0 Å². The van der Waals surface area contributed by atoms with Gasteiger partial charge in [0.2, 0.25) is 5.91 Å². The summed E-state index contributed by atoms with van der Waals surface area (Å²) < 4.78 is 26.9. The van der Waals surface area contributed by atoms with Crippen molar-refractivity contribution in [2.24, 2.45) is 5.73 Å². The summed E-state index contributed by atoms with van der Waals surface area (Å²) in [5.41, 5.74) is 4.96. The van der Waals surface area contributed by atoms with Crippen LogP contribution in [0.15, 0.2) is 18.2 Å². The molecule has 0 aliphatic rings. The van der Waals surface area contributed by atoms with E-state index in [2.05, 4.69) is 5.32 Å². The number of rotatable bonds is 6. The Bertz CT molecular complexity index is 417. The van der Waals surface area contributed by atoms with Crippen LogP contribution in [0.1, 0.15) is 32.3 Å². The van der Waals surface area contributed by atoms with Crippen LogP contribution < -0.4 is 11.1 Å². The van der Waals surface area contributed by atoms with Gasteiger partial charge in [0.25, 0.3) is 0 Å². The average molecular weight is 270 g/mol. The first-order valence-corrected chi connectivity index (χ1v) is 6.42. The van der Waals surface area contributed by atoms with E-state index in [0.717, 1.165) is 12.1 Å². The molecule has 3 nitrogen and oxygen atoms in total. The van der Waals surface area contributed by atoms with E-state index in [9.17, 15) is 13.6 Å². The van der Waals surface area contributed by atoms with E-state index in [1.54, 1.807) is 0 Å². The van der Waals surface area contributed by atoms with Gasteiger partial charge in [0, 0.05) is 12.1 Å². The number of amides is 1. The lowest BCUT2D eigenvalue weighted by Crippen LogP contribution is -2.53. The van der Waals surface area contributed by atoms with Gasteiger partial charge in [-0.05, 0) is 25.0 Å². The van der Waals surface area contributed by atoms with Gasteiger partial charge in [0.15, 0.2) is 0 Å². The quantitative estimate of drug-likeness (QED) is 0.832. The summed E-state index contributed by atoms with van der Waals surface area (Å²) >= 11 is 0. The van der Waals surface area contributed by atoms with Crippen LogP contribution in [0.4, 0.5) is 8.78 Å². The normalized spacial score (nSPS) is 11.4. The summed E-state index contributed by atoms with van der Waals surface area (Å²) in [7, 11) is 0. The van der Waals surface area contributed by atoms with Gasteiger partial charge in [-0.25, -0.2) is 8.78 Å². The van der Waals surface area contributed by atoms with Gasteiger partial charge in [-0.15, -0.1) is 0 Å². The summed E-state index contributed by atoms with van der Waals surface area (Å²) in [6, 6.07) is 3.55. The molecule has 0 fully saturated rings. The van der Waals surface area contributed by atoms with Gasteiger partial charge in [-0.1, -0.05) is 19.9 Å². The van der Waals surface area contributed by atoms with Gasteiger partial charge in [-0.2, -0.15) is 0 Å². The van der Waals surface area contributed by atoms with Gasteiger partial charge in [0.1, 0.15) is 11.6 Å². The Labute approximate surface area is 112 Å². The van der Waals surface area contributed by atoms with E-state index in [1.807, 2.05) is 13.8 Å². The maximum Gasteiger partial charge on any atom is 0.225 e. The van der Waals surface area contributed by atoms with Crippen molar-refractivity contribution in [2.75, 3.05) is 6.54 Å². The largest absolute Gasteiger partial charge is 0.349 e. The first kappa shape index (κ1) is 15.6. The fraction of sp³-hybridized carbons (Fsp3) is 0.500. The minimum absolute atomic E-state index is 0.210. The van der Waals surface area contributed by atoms with Crippen molar-refractivity contribution in [1.29, 1.82) is 0 Å². The zero-order valence-electron chi connectivity index (χ0n) is 11.3. The van der Waals surface area contributed by atoms with Gasteiger partial charge in [0.05, 0.1) is 12.0 Å². The monoisotopic (exact) mass is 270 g/mol. The Morgan fingerprint density at radius 2 is 1.79 bits per heavy atom. The first-order valence-electron chi connectivity index (χ1n) is 6.42. The third-order valence-corrected chi connectivity index (χ3v) is 3.55. The molecule has 0 saturated carbocycles. The molecule has 0 unspecified atom stereocenters. The van der Waals surface area contributed by atoms with Crippen molar-refractivity contribution in [3.05, 3.63) is 35.4 Å². The van der Waals surface area contributed by atoms with E-state index < -0.39 is 23.1 Å². The van der Waals surface area contributed by atoms with Crippen molar-refractivity contribution in [1.82, 2.24) is 5.32 Å². The third-order valence-electron chi connectivity index (χ3n) is 3.55. The molecule has 0 heterocycles. The molecule has 1 aromatic rings. The molecular formula is C14H20F2N2O. The van der Waals surface area contributed by atoms with E-state index in [4.69, 9.17) is 5.73 Å². The molecule has 5 heteroatoms. The fourth-order valence-electron chi connectivity index (χ4n) is 1.97. The molecule has 0 saturated heterocycles. The number of nitrogens with one attached hydrogen (secondary N) is 1. The average Bonchev–Trinajstić information content (AvgIpc) is 2.41. The second-order valence-electron chi connectivity index (χ2n) is 4.62. The Hall–Kier alpha value is -1.49. The van der Waals surface area contributed by atoms with Crippen LogP contribution in [0.25, 0.3) is 0 Å². The number of hydrogen-bond acceptors (Lipinski definition) is 2. The number of carbonyl (C=O) groups excluding carboxylic acids is 1. The van der Waals surface area contributed by atoms with E-state index in [0.29, 0.717) is 19.4 Å². The standard InChI is InChI=1S/C14H20F2N2O/c1-3-14(4-2,9-17)18-13(19)8-10-11(15)6-5-7-12(10)16/h5-7H,3-4,8-9,17H2,1-2H3,(H,18,19). The summed E-state index contributed by atoms with van der Waals surface area (Å²) in [5, 5.41) is 2.79. The summed E-state index contributed by atoms with van der Waals surface area (Å²) in [5.74, 6) is -1.83. The molecule has 0 radical (unpaired) electrons. The zero-order chi connectivity index (χ0) is 14.5. The second-order valence-corrected chi connectivity index (χ2v) is 4.62. The van der Waals surface area contributed by atoms with Crippen LogP contribution in [-0.2, 0) is 11.2 Å². The molecule has 0 bridgehead atoms. The molecule has 3 N–H and O–H groups in total. The topological polar surface area (TPSA) is 55.1 Å². The number of halogens is 2. The number of carbonyl (C=O) groups is 1. The molecule has 19 heavy (non-hydrogen) atoms. The highest BCUT2D eigenvalue weighted by molar-refractivity contribution is 5.79. The lowest BCUT2D eigenvalue weighted by molar-refractivity contribution is -0.122. The molecule has 0 aromatic heterocycles. The number of hydrogen-bond donors (Lipinski definition) is 2. The molecule has 1 amide bonds. The van der Waals surface area contributed by atoms with Gasteiger partial charge >= 0.3 is 0 Å². The molecule has 0 spiro atoms. The molecule has 1 rings (SSSR count). The molecule has 0 atom stereocenters. The highest BCUT2D eigenvalue weighted by Crippen LogP contribution is 2.16. The van der Waals surface area contributed by atoms with Crippen molar-refractivity contribution < 1.29 is 13.6 Å². The summed E-state index contributed by atoms with van der Waals surface area (Å²) in [6.45, 7) is 4.13. The smallest absolute Gasteiger partial charge is 0.225 e. The zero-order valence-corrected chi connectivity index (χ0v) is 11.3. The SMILES string of the molecule is CCC(CC)(CN)NC(=O)Cc1c(F)cccc1F. The first-order chi connectivity index (χ1) is 8.98. The molecule has 0 aliphatic carbocycles. The Morgan fingerprint density at radius 3 is 2.21 bits per heavy atom. The Morgan fingerprint density at radius 1 is 1.26 bits per heavy atom. The van der Waals surface area contributed by atoms with E-state index in [1.165, 1.54) is 6.07 Å². The van der Waals surface area contributed by atoms with Crippen LogP contribution in [0.3, 0.4) is 0 Å². The van der Waals surface area contributed by atoms with Crippen molar-refractivity contribution >= 4 is 5.91 Å². The highest BCUT2D eigenvalue weighted by atomic mass is 19.1. The maximum atomic E-state index is 13.4. The van der Waals surface area contributed by atoms with E-state index >= 15 is 0 Å². The lowest BCUT2D eigenvalue weighted by Gasteiger charge is -2.31. The van der Waals surface area contributed by atoms with Crippen LogP contribution in [0, 0.1) is 11.6 Å². The number of benzene rings is 1. The Balaban J connectivity index is 2.81. The van der Waals surface area contributed by atoms with E-state index in [-0.39, 0.29) is 12.0 Å². The molecular weight excluding hydrogens is 250 g/mol. The fourth-order valence-corrected chi connectivity index (χ4v) is 1.97. The molecule has 1 aromatic carbocycles. The second kappa shape index (κ2) is 6.61. The van der Waals surface area contributed by atoms with Crippen molar-refractivity contribution in [3.63, 3.8) is 0 Å². The Kier molecular flexibility index (Phi) is 5.42.